The third-order valence-corrected chi connectivity index (χ3v) is 3.44. The van der Waals surface area contributed by atoms with Gasteiger partial charge in [0.2, 0.25) is 0 Å². The Labute approximate surface area is 121 Å². The molecule has 1 heterocycles. The van der Waals surface area contributed by atoms with Crippen LogP contribution < -0.4 is 5.32 Å². The number of rotatable bonds is 8. The predicted octanol–water partition coefficient (Wildman–Crippen LogP) is 3.86. The minimum absolute atomic E-state index is 0.900. The second-order valence-electron chi connectivity index (χ2n) is 5.19. The number of aromatic nitrogens is 3. The summed E-state index contributed by atoms with van der Waals surface area (Å²) in [5.74, 6) is 0.900. The molecule has 2 rings (SSSR count). The van der Waals surface area contributed by atoms with Gasteiger partial charge in [0.05, 0.1) is 0 Å². The van der Waals surface area contributed by atoms with E-state index in [1.54, 1.807) is 6.33 Å². The summed E-state index contributed by atoms with van der Waals surface area (Å²) in [6.07, 6.45) is 8.26. The largest absolute Gasteiger partial charge is 0.385 e. The quantitative estimate of drug-likeness (QED) is 0.742. The van der Waals surface area contributed by atoms with E-state index >= 15 is 0 Å². The smallest absolute Gasteiger partial charge is 0.163 e. The van der Waals surface area contributed by atoms with E-state index in [0.717, 1.165) is 23.6 Å². The summed E-state index contributed by atoms with van der Waals surface area (Å²) in [5, 5.41) is 11.6. The van der Waals surface area contributed by atoms with Gasteiger partial charge in [-0.2, -0.15) is 0 Å². The molecular weight excluding hydrogens is 248 g/mol. The van der Waals surface area contributed by atoms with Gasteiger partial charge in [-0.15, -0.1) is 10.2 Å². The molecule has 1 aromatic carbocycles. The second kappa shape index (κ2) is 7.68. The molecule has 0 saturated carbocycles. The molecule has 0 fully saturated rings. The van der Waals surface area contributed by atoms with Gasteiger partial charge in [0.15, 0.2) is 5.82 Å². The second-order valence-corrected chi connectivity index (χ2v) is 5.19. The molecule has 0 spiro atoms. The molecule has 4 heteroatoms. The third-order valence-electron chi connectivity index (χ3n) is 3.44. The molecule has 0 aliphatic heterocycles. The maximum atomic E-state index is 4.14. The molecule has 0 radical (unpaired) electrons. The summed E-state index contributed by atoms with van der Waals surface area (Å²) in [7, 11) is 1.96. The van der Waals surface area contributed by atoms with Gasteiger partial charge in [0, 0.05) is 24.8 Å². The molecule has 1 aromatic heterocycles. The maximum Gasteiger partial charge on any atom is 0.163 e. The minimum atomic E-state index is 0.900. The Morgan fingerprint density at radius 2 is 2.00 bits per heavy atom. The van der Waals surface area contributed by atoms with Gasteiger partial charge in [0.25, 0.3) is 0 Å². The van der Waals surface area contributed by atoms with Crippen molar-refractivity contribution < 1.29 is 0 Å². The van der Waals surface area contributed by atoms with Gasteiger partial charge < -0.3 is 9.88 Å². The van der Waals surface area contributed by atoms with Crippen LogP contribution in [0.5, 0.6) is 0 Å². The highest BCUT2D eigenvalue weighted by molar-refractivity contribution is 5.62. The van der Waals surface area contributed by atoms with E-state index in [2.05, 4.69) is 46.7 Å². The van der Waals surface area contributed by atoms with E-state index in [0.29, 0.717) is 0 Å². The van der Waals surface area contributed by atoms with Crippen LogP contribution in [-0.4, -0.2) is 21.3 Å². The predicted molar refractivity (Wildman–Crippen MR) is 83.7 cm³/mol. The van der Waals surface area contributed by atoms with Crippen molar-refractivity contribution in [3.8, 4) is 11.4 Å². The number of benzene rings is 1. The molecule has 2 aromatic rings. The fourth-order valence-corrected chi connectivity index (χ4v) is 2.27. The molecule has 4 nitrogen and oxygen atoms in total. The van der Waals surface area contributed by atoms with Crippen molar-refractivity contribution in [2.24, 2.45) is 7.05 Å². The average molecular weight is 272 g/mol. The SMILES string of the molecule is CCCCCCCNc1cccc(-c2nncn2C)c1. The van der Waals surface area contributed by atoms with E-state index in [1.165, 1.54) is 32.1 Å². The van der Waals surface area contributed by atoms with Crippen LogP contribution in [0.2, 0.25) is 0 Å². The molecule has 1 N–H and O–H groups in total. The lowest BCUT2D eigenvalue weighted by Crippen LogP contribution is -2.01. The van der Waals surface area contributed by atoms with Gasteiger partial charge in [-0.1, -0.05) is 44.7 Å². The normalized spacial score (nSPS) is 10.7. The number of hydrogen-bond donors (Lipinski definition) is 1. The molecule has 0 amide bonds. The summed E-state index contributed by atoms with van der Waals surface area (Å²) in [5.41, 5.74) is 2.25. The fraction of sp³-hybridized carbons (Fsp3) is 0.500. The summed E-state index contributed by atoms with van der Waals surface area (Å²) in [4.78, 5) is 0. The van der Waals surface area contributed by atoms with Crippen LogP contribution in [-0.2, 0) is 7.05 Å². The number of hydrogen-bond acceptors (Lipinski definition) is 3. The number of aryl methyl sites for hydroxylation is 1. The van der Waals surface area contributed by atoms with E-state index in [1.807, 2.05) is 11.6 Å². The van der Waals surface area contributed by atoms with Crippen LogP contribution >= 0.6 is 0 Å². The van der Waals surface area contributed by atoms with Crippen molar-refractivity contribution in [1.82, 2.24) is 14.8 Å². The molecular formula is C16H24N4. The molecule has 0 aliphatic rings. The van der Waals surface area contributed by atoms with Gasteiger partial charge in [-0.3, -0.25) is 0 Å². The highest BCUT2D eigenvalue weighted by Gasteiger charge is 2.04. The zero-order valence-corrected chi connectivity index (χ0v) is 12.5. The Bertz CT molecular complexity index is 519. The summed E-state index contributed by atoms with van der Waals surface area (Å²) in [6, 6.07) is 8.36. The Morgan fingerprint density at radius 1 is 1.15 bits per heavy atom. The van der Waals surface area contributed by atoms with Crippen molar-refractivity contribution in [1.29, 1.82) is 0 Å². The fourth-order valence-electron chi connectivity index (χ4n) is 2.27. The summed E-state index contributed by atoms with van der Waals surface area (Å²) in [6.45, 7) is 3.28. The monoisotopic (exact) mass is 272 g/mol. The standard InChI is InChI=1S/C16H24N4/c1-3-4-5-6-7-11-17-15-10-8-9-14(12-15)16-19-18-13-20(16)2/h8-10,12-13,17H,3-7,11H2,1-2H3. The summed E-state index contributed by atoms with van der Waals surface area (Å²) < 4.78 is 1.93. The molecule has 108 valence electrons. The van der Waals surface area contributed by atoms with Gasteiger partial charge >= 0.3 is 0 Å². The summed E-state index contributed by atoms with van der Waals surface area (Å²) >= 11 is 0. The van der Waals surface area contributed by atoms with Crippen LogP contribution in [0, 0.1) is 0 Å². The first-order valence-corrected chi connectivity index (χ1v) is 7.49. The number of nitrogens with zero attached hydrogens (tertiary/aromatic N) is 3. The van der Waals surface area contributed by atoms with Gasteiger partial charge in [-0.25, -0.2) is 0 Å². The first kappa shape index (κ1) is 14.6. The van der Waals surface area contributed by atoms with Crippen molar-refractivity contribution in [3.05, 3.63) is 30.6 Å². The van der Waals surface area contributed by atoms with Crippen LogP contribution in [0.15, 0.2) is 30.6 Å². The van der Waals surface area contributed by atoms with Crippen LogP contribution in [0.4, 0.5) is 5.69 Å². The van der Waals surface area contributed by atoms with Crippen molar-refractivity contribution >= 4 is 5.69 Å². The highest BCUT2D eigenvalue weighted by Crippen LogP contribution is 2.20. The minimum Gasteiger partial charge on any atom is -0.385 e. The Kier molecular flexibility index (Phi) is 5.59. The number of anilines is 1. The average Bonchev–Trinajstić information content (AvgIpc) is 2.89. The van der Waals surface area contributed by atoms with E-state index < -0.39 is 0 Å². The molecule has 0 unspecified atom stereocenters. The maximum absolute atomic E-state index is 4.14. The number of unbranched alkanes of at least 4 members (excludes halogenated alkanes) is 4. The first-order valence-electron chi connectivity index (χ1n) is 7.49. The van der Waals surface area contributed by atoms with E-state index in [-0.39, 0.29) is 0 Å². The van der Waals surface area contributed by atoms with Crippen molar-refractivity contribution in [2.75, 3.05) is 11.9 Å². The van der Waals surface area contributed by atoms with Gasteiger partial charge in [0.1, 0.15) is 6.33 Å². The Hall–Kier alpha value is -1.84. The lowest BCUT2D eigenvalue weighted by Gasteiger charge is -2.08. The third kappa shape index (κ3) is 4.08. The Balaban J connectivity index is 1.86. The zero-order valence-electron chi connectivity index (χ0n) is 12.5. The van der Waals surface area contributed by atoms with E-state index in [9.17, 15) is 0 Å². The molecule has 20 heavy (non-hydrogen) atoms. The van der Waals surface area contributed by atoms with Crippen LogP contribution in [0.1, 0.15) is 39.0 Å². The molecule has 0 atom stereocenters. The topological polar surface area (TPSA) is 42.7 Å². The molecule has 0 saturated heterocycles. The van der Waals surface area contributed by atoms with E-state index in [4.69, 9.17) is 0 Å². The molecule has 0 aliphatic carbocycles. The molecule has 0 bridgehead atoms. The van der Waals surface area contributed by atoms with Crippen LogP contribution in [0.25, 0.3) is 11.4 Å². The zero-order chi connectivity index (χ0) is 14.2. The first-order chi connectivity index (χ1) is 9.81. The van der Waals surface area contributed by atoms with Crippen molar-refractivity contribution in [2.45, 2.75) is 39.0 Å². The highest BCUT2D eigenvalue weighted by atomic mass is 15.2. The van der Waals surface area contributed by atoms with Crippen molar-refractivity contribution in [3.63, 3.8) is 0 Å². The van der Waals surface area contributed by atoms with Gasteiger partial charge in [-0.05, 0) is 18.6 Å². The lowest BCUT2D eigenvalue weighted by atomic mass is 10.1. The Morgan fingerprint density at radius 3 is 2.75 bits per heavy atom. The lowest BCUT2D eigenvalue weighted by molar-refractivity contribution is 0.645. The van der Waals surface area contributed by atoms with Crippen LogP contribution in [0.3, 0.4) is 0 Å². The number of nitrogens with one attached hydrogen (secondary N) is 1.